The van der Waals surface area contributed by atoms with Gasteiger partial charge in [0.05, 0.1) is 5.56 Å². The Labute approximate surface area is 116 Å². The van der Waals surface area contributed by atoms with Crippen molar-refractivity contribution < 1.29 is 14.7 Å². The zero-order valence-electron chi connectivity index (χ0n) is 11.1. The summed E-state index contributed by atoms with van der Waals surface area (Å²) < 4.78 is 0. The largest absolute Gasteiger partial charge is 0.478 e. The second-order valence-corrected chi connectivity index (χ2v) is 4.47. The molecule has 2 aromatic rings. The second-order valence-electron chi connectivity index (χ2n) is 4.47. The van der Waals surface area contributed by atoms with E-state index in [1.165, 1.54) is 6.92 Å². The zero-order chi connectivity index (χ0) is 14.5. The highest BCUT2D eigenvalue weighted by Gasteiger charge is 2.03. The van der Waals surface area contributed by atoms with E-state index in [2.05, 4.69) is 5.32 Å². The summed E-state index contributed by atoms with van der Waals surface area (Å²) in [5.74, 6) is -0.986. The smallest absolute Gasteiger partial charge is 0.335 e. The number of carboxylic acid groups (broad SMARTS) is 1. The number of aromatic carboxylic acids is 1. The number of carboxylic acids is 1. The third-order valence-corrected chi connectivity index (χ3v) is 2.89. The summed E-state index contributed by atoms with van der Waals surface area (Å²) in [5, 5.41) is 13.5. The number of fused-ring (bicyclic) bond motifs is 1. The number of nitrogens with one attached hydrogen (secondary N) is 1. The van der Waals surface area contributed by atoms with Crippen LogP contribution in [0.2, 0.25) is 0 Å². The van der Waals surface area contributed by atoms with Crippen LogP contribution in [0.25, 0.3) is 16.8 Å². The molecule has 2 N–H and O–H groups in total. The van der Waals surface area contributed by atoms with Gasteiger partial charge in [-0.2, -0.15) is 0 Å². The normalized spacial score (nSPS) is 10.8. The number of benzene rings is 2. The van der Waals surface area contributed by atoms with Crippen LogP contribution >= 0.6 is 0 Å². The number of amides is 1. The molecular formula is C16H15NO3. The van der Waals surface area contributed by atoms with E-state index in [1.54, 1.807) is 18.2 Å². The van der Waals surface area contributed by atoms with Gasteiger partial charge in [0, 0.05) is 13.5 Å². The van der Waals surface area contributed by atoms with Gasteiger partial charge in [-0.25, -0.2) is 4.79 Å². The Morgan fingerprint density at radius 1 is 1.15 bits per heavy atom. The molecule has 0 aliphatic rings. The molecule has 0 bridgehead atoms. The molecule has 2 aromatic carbocycles. The van der Waals surface area contributed by atoms with Crippen molar-refractivity contribution in [3.63, 3.8) is 0 Å². The fourth-order valence-electron chi connectivity index (χ4n) is 1.90. The van der Waals surface area contributed by atoms with E-state index in [4.69, 9.17) is 5.11 Å². The van der Waals surface area contributed by atoms with Crippen molar-refractivity contribution in [1.82, 2.24) is 5.32 Å². The van der Waals surface area contributed by atoms with E-state index in [9.17, 15) is 9.59 Å². The van der Waals surface area contributed by atoms with E-state index in [1.807, 2.05) is 30.4 Å². The van der Waals surface area contributed by atoms with Crippen LogP contribution in [0.1, 0.15) is 22.8 Å². The highest BCUT2D eigenvalue weighted by molar-refractivity contribution is 5.94. The van der Waals surface area contributed by atoms with Crippen LogP contribution in [0.5, 0.6) is 0 Å². The predicted octanol–water partition coefficient (Wildman–Crippen LogP) is 2.69. The molecule has 0 atom stereocenters. The molecule has 0 aromatic heterocycles. The lowest BCUT2D eigenvalue weighted by Crippen LogP contribution is -2.19. The van der Waals surface area contributed by atoms with Crippen LogP contribution < -0.4 is 5.32 Å². The molecule has 0 fully saturated rings. The lowest BCUT2D eigenvalue weighted by Gasteiger charge is -2.02. The van der Waals surface area contributed by atoms with Crippen molar-refractivity contribution in [3.05, 3.63) is 53.6 Å². The van der Waals surface area contributed by atoms with Gasteiger partial charge in [-0.05, 0) is 34.5 Å². The average molecular weight is 269 g/mol. The number of carbonyl (C=O) groups excluding carboxylic acids is 1. The monoisotopic (exact) mass is 269 g/mol. The summed E-state index contributed by atoms with van der Waals surface area (Å²) in [6, 6.07) is 10.8. The average Bonchev–Trinajstić information content (AvgIpc) is 2.42. The van der Waals surface area contributed by atoms with Gasteiger partial charge in [0.2, 0.25) is 5.91 Å². The van der Waals surface area contributed by atoms with Gasteiger partial charge in [0.1, 0.15) is 0 Å². The number of hydrogen-bond donors (Lipinski definition) is 2. The Bertz CT molecular complexity index is 689. The first kappa shape index (κ1) is 13.8. The fourth-order valence-corrected chi connectivity index (χ4v) is 1.90. The Morgan fingerprint density at radius 2 is 1.85 bits per heavy atom. The molecule has 102 valence electrons. The maximum atomic E-state index is 10.9. The van der Waals surface area contributed by atoms with Gasteiger partial charge in [-0.3, -0.25) is 4.79 Å². The van der Waals surface area contributed by atoms with Crippen molar-refractivity contribution in [2.24, 2.45) is 0 Å². The van der Waals surface area contributed by atoms with Crippen molar-refractivity contribution in [1.29, 1.82) is 0 Å². The topological polar surface area (TPSA) is 66.4 Å². The summed E-state index contributed by atoms with van der Waals surface area (Å²) in [6.45, 7) is 1.97. The first-order valence-corrected chi connectivity index (χ1v) is 6.24. The second kappa shape index (κ2) is 6.02. The van der Waals surface area contributed by atoms with Crippen molar-refractivity contribution in [3.8, 4) is 0 Å². The van der Waals surface area contributed by atoms with Gasteiger partial charge in [0.25, 0.3) is 0 Å². The molecule has 0 aliphatic heterocycles. The van der Waals surface area contributed by atoms with Crippen molar-refractivity contribution in [2.75, 3.05) is 6.54 Å². The molecule has 0 unspecified atom stereocenters. The molecule has 0 radical (unpaired) electrons. The Hall–Kier alpha value is -2.62. The van der Waals surface area contributed by atoms with Crippen molar-refractivity contribution >= 4 is 28.7 Å². The third kappa shape index (κ3) is 3.45. The first-order valence-electron chi connectivity index (χ1n) is 6.24. The van der Waals surface area contributed by atoms with Gasteiger partial charge in [-0.15, -0.1) is 0 Å². The number of rotatable bonds is 4. The third-order valence-electron chi connectivity index (χ3n) is 2.89. The fraction of sp³-hybridized carbons (Fsp3) is 0.125. The molecule has 2 rings (SSSR count). The minimum atomic E-state index is -0.925. The van der Waals surface area contributed by atoms with Crippen LogP contribution in [0, 0.1) is 0 Å². The molecular weight excluding hydrogens is 254 g/mol. The van der Waals surface area contributed by atoms with Crippen molar-refractivity contribution in [2.45, 2.75) is 6.92 Å². The highest BCUT2D eigenvalue weighted by Crippen LogP contribution is 2.18. The summed E-state index contributed by atoms with van der Waals surface area (Å²) >= 11 is 0. The molecule has 0 heterocycles. The van der Waals surface area contributed by atoms with E-state index in [-0.39, 0.29) is 11.5 Å². The molecule has 4 heteroatoms. The van der Waals surface area contributed by atoms with Crippen LogP contribution in [0.15, 0.2) is 42.5 Å². The van der Waals surface area contributed by atoms with E-state index in [0.29, 0.717) is 6.54 Å². The summed E-state index contributed by atoms with van der Waals surface area (Å²) in [7, 11) is 0. The van der Waals surface area contributed by atoms with E-state index < -0.39 is 5.97 Å². The lowest BCUT2D eigenvalue weighted by atomic mass is 10.0. The van der Waals surface area contributed by atoms with Gasteiger partial charge in [-0.1, -0.05) is 30.4 Å². The van der Waals surface area contributed by atoms with Gasteiger partial charge < -0.3 is 10.4 Å². The lowest BCUT2D eigenvalue weighted by molar-refractivity contribution is -0.118. The minimum Gasteiger partial charge on any atom is -0.478 e. The van der Waals surface area contributed by atoms with Gasteiger partial charge >= 0.3 is 5.97 Å². The quantitative estimate of drug-likeness (QED) is 0.896. The van der Waals surface area contributed by atoms with Crippen LogP contribution in [-0.2, 0) is 4.79 Å². The Morgan fingerprint density at radius 3 is 2.55 bits per heavy atom. The summed E-state index contributed by atoms with van der Waals surface area (Å²) in [6.07, 6.45) is 3.79. The zero-order valence-corrected chi connectivity index (χ0v) is 11.1. The molecule has 0 aliphatic carbocycles. The molecule has 0 spiro atoms. The highest BCUT2D eigenvalue weighted by atomic mass is 16.4. The SMILES string of the molecule is CC(=O)NCC=Cc1ccc2cc(C(=O)O)ccc2c1. The van der Waals surface area contributed by atoms with Crippen LogP contribution in [-0.4, -0.2) is 23.5 Å². The Kier molecular flexibility index (Phi) is 4.15. The number of carbonyl (C=O) groups is 2. The summed E-state index contributed by atoms with van der Waals surface area (Å²) in [4.78, 5) is 21.6. The molecule has 4 nitrogen and oxygen atoms in total. The maximum absolute atomic E-state index is 10.9. The molecule has 20 heavy (non-hydrogen) atoms. The maximum Gasteiger partial charge on any atom is 0.335 e. The van der Waals surface area contributed by atoms with Crippen LogP contribution in [0.4, 0.5) is 0 Å². The van der Waals surface area contributed by atoms with Gasteiger partial charge in [0.15, 0.2) is 0 Å². The minimum absolute atomic E-state index is 0.0608. The Balaban J connectivity index is 2.19. The molecule has 1 amide bonds. The standard InChI is InChI=1S/C16H15NO3/c1-11(18)17-8-2-3-12-4-5-14-10-15(16(19)20)7-6-13(14)9-12/h2-7,9-10H,8H2,1H3,(H,17,18)(H,19,20). The van der Waals surface area contributed by atoms with E-state index in [0.717, 1.165) is 16.3 Å². The molecule has 0 saturated heterocycles. The van der Waals surface area contributed by atoms with Crippen LogP contribution in [0.3, 0.4) is 0 Å². The first-order chi connectivity index (χ1) is 9.56. The predicted molar refractivity (Wildman–Crippen MR) is 78.6 cm³/mol. The summed E-state index contributed by atoms with van der Waals surface area (Å²) in [5.41, 5.74) is 1.29. The van der Waals surface area contributed by atoms with E-state index >= 15 is 0 Å². The molecule has 0 saturated carbocycles. The number of hydrogen-bond acceptors (Lipinski definition) is 2.